The fourth-order valence-electron chi connectivity index (χ4n) is 3.76. The normalized spacial score (nSPS) is 19.7. The lowest BCUT2D eigenvalue weighted by Crippen LogP contribution is -2.32. The maximum atomic E-state index is 13.5. The molecule has 0 amide bonds. The fraction of sp³-hybridized carbons (Fsp3) is 0.381. The van der Waals surface area contributed by atoms with Crippen LogP contribution in [0, 0.1) is 5.82 Å². The molecule has 2 aromatic rings. The van der Waals surface area contributed by atoms with Gasteiger partial charge < -0.3 is 10.3 Å². The van der Waals surface area contributed by atoms with Crippen molar-refractivity contribution in [2.45, 2.75) is 55.9 Å². The Bertz CT molecular complexity index is 1010. The van der Waals surface area contributed by atoms with E-state index in [9.17, 15) is 14.0 Å². The zero-order valence-corrected chi connectivity index (χ0v) is 16.7. The lowest BCUT2D eigenvalue weighted by molar-refractivity contribution is -0.116. The van der Waals surface area contributed by atoms with E-state index in [4.69, 9.17) is 0 Å². The van der Waals surface area contributed by atoms with Crippen LogP contribution in [0.5, 0.6) is 0 Å². The topological polar surface area (TPSA) is 74.8 Å². The average Bonchev–Trinajstić information content (AvgIpc) is 2.67. The van der Waals surface area contributed by atoms with E-state index in [-0.39, 0.29) is 17.2 Å². The van der Waals surface area contributed by atoms with Crippen LogP contribution < -0.4 is 10.9 Å². The summed E-state index contributed by atoms with van der Waals surface area (Å²) < 4.78 is 13.5. The van der Waals surface area contributed by atoms with E-state index in [0.29, 0.717) is 33.8 Å². The number of aromatic amines is 1. The molecule has 2 heterocycles. The first-order chi connectivity index (χ1) is 13.5. The van der Waals surface area contributed by atoms with Gasteiger partial charge in [-0.15, -0.1) is 0 Å². The van der Waals surface area contributed by atoms with Gasteiger partial charge in [0.1, 0.15) is 11.6 Å². The smallest absolute Gasteiger partial charge is 0.257 e. The molecule has 2 N–H and O–H groups in total. The van der Waals surface area contributed by atoms with Crippen LogP contribution in [0.25, 0.3) is 0 Å². The van der Waals surface area contributed by atoms with E-state index in [1.165, 1.54) is 23.9 Å². The van der Waals surface area contributed by atoms with Crippen LogP contribution in [0.1, 0.15) is 56.6 Å². The molecule has 0 radical (unpaired) electrons. The zero-order chi connectivity index (χ0) is 19.8. The first-order valence-corrected chi connectivity index (χ1v) is 10.5. The number of fused-ring (bicyclic) bond motifs is 1. The number of anilines is 1. The van der Waals surface area contributed by atoms with Gasteiger partial charge in [-0.1, -0.05) is 37.7 Å². The Balaban J connectivity index is 1.88. The second-order valence-electron chi connectivity index (χ2n) is 7.25. The van der Waals surface area contributed by atoms with Crippen molar-refractivity contribution in [3.63, 3.8) is 0 Å². The first-order valence-electron chi connectivity index (χ1n) is 9.57. The highest BCUT2D eigenvalue weighted by molar-refractivity contribution is 7.99. The summed E-state index contributed by atoms with van der Waals surface area (Å²) in [4.78, 5) is 33.3. The Morgan fingerprint density at radius 3 is 2.71 bits per heavy atom. The standard InChI is InChI=1S/C21H22FN3O2S/c1-3-11(2)28-21-24-19-18(20(27)25-21)16(12-7-9-13(22)10-8-12)17-14(23-19)5-4-6-15(17)26/h7-11,16H,3-6H2,1-2H3,(H2,23,24,25,27). The molecular weight excluding hydrogens is 377 g/mol. The van der Waals surface area contributed by atoms with Gasteiger partial charge in [0.15, 0.2) is 10.9 Å². The Hall–Kier alpha value is -2.41. The van der Waals surface area contributed by atoms with Gasteiger partial charge in [-0.05, 0) is 37.0 Å². The van der Waals surface area contributed by atoms with Crippen molar-refractivity contribution in [1.82, 2.24) is 9.97 Å². The summed E-state index contributed by atoms with van der Waals surface area (Å²) in [5.74, 6) is -0.350. The number of nitrogens with one attached hydrogen (secondary N) is 2. The van der Waals surface area contributed by atoms with Crippen molar-refractivity contribution in [3.8, 4) is 0 Å². The summed E-state index contributed by atoms with van der Waals surface area (Å²) in [7, 11) is 0. The van der Waals surface area contributed by atoms with Crippen molar-refractivity contribution in [2.24, 2.45) is 0 Å². The van der Waals surface area contributed by atoms with Gasteiger partial charge in [0.05, 0.1) is 5.56 Å². The molecule has 5 nitrogen and oxygen atoms in total. The maximum Gasteiger partial charge on any atom is 0.257 e. The van der Waals surface area contributed by atoms with Gasteiger partial charge in [0.2, 0.25) is 0 Å². The predicted molar refractivity (Wildman–Crippen MR) is 108 cm³/mol. The molecule has 0 fully saturated rings. The summed E-state index contributed by atoms with van der Waals surface area (Å²) in [5.41, 5.74) is 2.33. The van der Waals surface area contributed by atoms with E-state index >= 15 is 0 Å². The molecule has 0 spiro atoms. The van der Waals surface area contributed by atoms with Gasteiger partial charge in [-0.25, -0.2) is 9.37 Å². The van der Waals surface area contributed by atoms with Crippen LogP contribution in [0.4, 0.5) is 10.2 Å². The molecule has 2 atom stereocenters. The van der Waals surface area contributed by atoms with Crippen LogP contribution in [0.15, 0.2) is 45.5 Å². The minimum atomic E-state index is -0.529. The van der Waals surface area contributed by atoms with E-state index < -0.39 is 5.92 Å². The van der Waals surface area contributed by atoms with E-state index in [2.05, 4.69) is 29.1 Å². The number of halogens is 1. The number of hydrogen-bond acceptors (Lipinski definition) is 5. The van der Waals surface area contributed by atoms with Crippen LogP contribution in [-0.2, 0) is 4.79 Å². The molecular formula is C21H22FN3O2S. The Morgan fingerprint density at radius 1 is 1.25 bits per heavy atom. The Kier molecular flexibility index (Phi) is 5.10. The number of nitrogens with zero attached hydrogens (tertiary/aromatic N) is 1. The SMILES string of the molecule is CCC(C)Sc1nc2c(c(=O)[nH]1)C(c1ccc(F)cc1)C1=C(CCCC1=O)N2. The summed E-state index contributed by atoms with van der Waals surface area (Å²) in [6, 6.07) is 6.00. The van der Waals surface area contributed by atoms with Crippen LogP contribution >= 0.6 is 11.8 Å². The highest BCUT2D eigenvalue weighted by Gasteiger charge is 2.37. The molecule has 4 rings (SSSR count). The number of allylic oxidation sites excluding steroid dienone is 2. The van der Waals surface area contributed by atoms with Crippen molar-refractivity contribution >= 4 is 23.4 Å². The number of rotatable bonds is 4. The molecule has 0 saturated heterocycles. The summed E-state index contributed by atoms with van der Waals surface area (Å²) >= 11 is 1.52. The number of H-pyrrole nitrogens is 1. The average molecular weight is 399 g/mol. The van der Waals surface area contributed by atoms with E-state index in [0.717, 1.165) is 30.5 Å². The predicted octanol–water partition coefficient (Wildman–Crippen LogP) is 4.36. The van der Waals surface area contributed by atoms with Crippen molar-refractivity contribution in [1.29, 1.82) is 0 Å². The number of Topliss-reactive ketones (excluding diaryl/α,β-unsaturated/α-hetero) is 1. The van der Waals surface area contributed by atoms with Gasteiger partial charge in [0.25, 0.3) is 5.56 Å². The number of thioether (sulfide) groups is 1. The lowest BCUT2D eigenvalue weighted by atomic mass is 9.76. The minimum absolute atomic E-state index is 0.0335. The Labute approximate surface area is 166 Å². The fourth-order valence-corrected chi connectivity index (χ4v) is 4.60. The van der Waals surface area contributed by atoms with Gasteiger partial charge in [-0.2, -0.15) is 0 Å². The molecule has 7 heteroatoms. The van der Waals surface area contributed by atoms with Crippen molar-refractivity contribution < 1.29 is 9.18 Å². The number of aromatic nitrogens is 2. The maximum absolute atomic E-state index is 13.5. The summed E-state index contributed by atoms with van der Waals surface area (Å²) in [6.45, 7) is 4.17. The molecule has 0 bridgehead atoms. The van der Waals surface area contributed by atoms with Crippen LogP contribution in [0.2, 0.25) is 0 Å². The molecule has 1 aromatic heterocycles. The minimum Gasteiger partial charge on any atom is -0.343 e. The Morgan fingerprint density at radius 2 is 2.00 bits per heavy atom. The van der Waals surface area contributed by atoms with Crippen LogP contribution in [-0.4, -0.2) is 21.0 Å². The molecule has 146 valence electrons. The van der Waals surface area contributed by atoms with Gasteiger partial charge in [-0.3, -0.25) is 9.59 Å². The third kappa shape index (κ3) is 3.39. The largest absolute Gasteiger partial charge is 0.343 e. The third-order valence-corrected chi connectivity index (χ3v) is 6.48. The summed E-state index contributed by atoms with van der Waals surface area (Å²) in [5, 5.41) is 4.14. The van der Waals surface area contributed by atoms with Crippen molar-refractivity contribution in [2.75, 3.05) is 5.32 Å². The highest BCUT2D eigenvalue weighted by atomic mass is 32.2. The van der Waals surface area contributed by atoms with Gasteiger partial charge >= 0.3 is 0 Å². The van der Waals surface area contributed by atoms with E-state index in [1.807, 2.05) is 0 Å². The quantitative estimate of drug-likeness (QED) is 0.590. The molecule has 1 aromatic carbocycles. The molecule has 1 aliphatic heterocycles. The van der Waals surface area contributed by atoms with E-state index in [1.54, 1.807) is 12.1 Å². The number of carbonyl (C=O) groups excluding carboxylic acids is 1. The zero-order valence-electron chi connectivity index (χ0n) is 15.8. The highest BCUT2D eigenvalue weighted by Crippen LogP contribution is 2.43. The second kappa shape index (κ2) is 7.54. The molecule has 28 heavy (non-hydrogen) atoms. The third-order valence-electron chi connectivity index (χ3n) is 5.33. The van der Waals surface area contributed by atoms with Gasteiger partial charge in [0, 0.05) is 28.9 Å². The number of ketones is 1. The number of hydrogen-bond donors (Lipinski definition) is 2. The molecule has 2 unspecified atom stereocenters. The van der Waals surface area contributed by atoms with Crippen molar-refractivity contribution in [3.05, 3.63) is 62.8 Å². The molecule has 1 aliphatic carbocycles. The number of carbonyl (C=O) groups is 1. The number of benzene rings is 1. The summed E-state index contributed by atoms with van der Waals surface area (Å²) in [6.07, 6.45) is 2.93. The second-order valence-corrected chi connectivity index (χ2v) is 8.68. The lowest BCUT2D eigenvalue weighted by Gasteiger charge is -2.32. The monoisotopic (exact) mass is 399 g/mol. The molecule has 0 saturated carbocycles. The first kappa shape index (κ1) is 18.9. The van der Waals surface area contributed by atoms with Crippen LogP contribution in [0.3, 0.4) is 0 Å². The molecule has 2 aliphatic rings.